The summed E-state index contributed by atoms with van der Waals surface area (Å²) in [5.74, 6) is -1.42. The van der Waals surface area contributed by atoms with Crippen molar-refractivity contribution in [1.82, 2.24) is 5.32 Å². The molecule has 232 valence electrons. The van der Waals surface area contributed by atoms with Crippen LogP contribution in [0.4, 0.5) is 10.7 Å². The van der Waals surface area contributed by atoms with Crippen molar-refractivity contribution in [3.8, 4) is 0 Å². The molecule has 0 saturated carbocycles. The van der Waals surface area contributed by atoms with E-state index in [0.717, 1.165) is 59.4 Å². The second-order valence-electron chi connectivity index (χ2n) is 10.4. The summed E-state index contributed by atoms with van der Waals surface area (Å²) in [7, 11) is 1.36. The van der Waals surface area contributed by atoms with E-state index in [-0.39, 0.29) is 17.4 Å². The predicted octanol–water partition coefficient (Wildman–Crippen LogP) is 7.40. The van der Waals surface area contributed by atoms with Crippen molar-refractivity contribution in [2.75, 3.05) is 23.5 Å². The average Bonchev–Trinajstić information content (AvgIpc) is 3.67. The van der Waals surface area contributed by atoms with Crippen LogP contribution in [0.2, 0.25) is 0 Å². The van der Waals surface area contributed by atoms with Crippen LogP contribution in [0.15, 0.2) is 82.0 Å². The van der Waals surface area contributed by atoms with Gasteiger partial charge >= 0.3 is 5.97 Å². The van der Waals surface area contributed by atoms with E-state index in [1.807, 2.05) is 29.0 Å². The second kappa shape index (κ2) is 15.7. The summed E-state index contributed by atoms with van der Waals surface area (Å²) in [6.07, 6.45) is 7.69. The largest absolute Gasteiger partial charge is 0.465 e. The molecule has 11 heteroatoms. The first-order chi connectivity index (χ1) is 21.9. The lowest BCUT2D eigenvalue weighted by Crippen LogP contribution is -2.30. The van der Waals surface area contributed by atoms with Gasteiger partial charge in [0.1, 0.15) is 10.7 Å². The number of thiophene rings is 2. The Bertz CT molecular complexity index is 1700. The molecule has 0 atom stereocenters. The molecule has 0 aliphatic heterocycles. The zero-order valence-electron chi connectivity index (χ0n) is 24.7. The predicted molar refractivity (Wildman–Crippen MR) is 182 cm³/mol. The zero-order chi connectivity index (χ0) is 31.6. The molecule has 2 aromatic carbocycles. The minimum absolute atomic E-state index is 0.103. The topological polar surface area (TPSA) is 114 Å². The molecule has 4 aromatic rings. The Hall–Kier alpha value is -4.19. The van der Waals surface area contributed by atoms with Gasteiger partial charge in [0.25, 0.3) is 11.8 Å². The van der Waals surface area contributed by atoms with E-state index in [2.05, 4.69) is 16.0 Å². The van der Waals surface area contributed by atoms with Crippen LogP contribution in [-0.4, -0.2) is 36.6 Å². The molecule has 1 aliphatic carbocycles. The fourth-order valence-corrected chi connectivity index (χ4v) is 7.63. The fourth-order valence-electron chi connectivity index (χ4n) is 4.97. The Morgan fingerprint density at radius 2 is 1.73 bits per heavy atom. The maximum absolute atomic E-state index is 13.3. The standard InChI is InChI=1S/C34H33N3O5S3/c1-42-34(41)30-26-14-7-2-3-8-15-28(26)45-33(30)37-29(38)21-44-25-13-9-12-24(19-25)35-32(40)27(18-22-16-17-43-20-22)36-31(39)23-10-5-4-6-11-23/h4-6,9-13,16-20H,2-3,7-8,14-15,21H2,1H3,(H,35,40)(H,36,39)(H,37,38)/b27-18-. The fraction of sp³-hybridized carbons (Fsp3) is 0.235. The zero-order valence-corrected chi connectivity index (χ0v) is 27.2. The normalized spacial score (nSPS) is 13.1. The number of esters is 1. The Labute approximate surface area is 274 Å². The van der Waals surface area contributed by atoms with Crippen LogP contribution >= 0.6 is 34.4 Å². The SMILES string of the molecule is COC(=O)c1c(NC(=O)CSc2cccc(NC(=O)/C(=C/c3ccsc3)NC(=O)c3ccccc3)c2)sc2c1CCCCCC2. The molecule has 0 saturated heterocycles. The number of hydrogen-bond acceptors (Lipinski definition) is 8. The van der Waals surface area contributed by atoms with Gasteiger partial charge in [-0.3, -0.25) is 14.4 Å². The van der Waals surface area contributed by atoms with Gasteiger partial charge in [-0.1, -0.05) is 37.1 Å². The summed E-state index contributed by atoms with van der Waals surface area (Å²) in [5.41, 5.74) is 3.33. The molecular formula is C34H33N3O5S3. The van der Waals surface area contributed by atoms with Crippen LogP contribution in [0.5, 0.6) is 0 Å². The summed E-state index contributed by atoms with van der Waals surface area (Å²) in [6.45, 7) is 0. The third kappa shape index (κ3) is 8.72. The van der Waals surface area contributed by atoms with Gasteiger partial charge in [-0.2, -0.15) is 11.3 Å². The molecule has 45 heavy (non-hydrogen) atoms. The number of anilines is 2. The number of carbonyl (C=O) groups is 4. The van der Waals surface area contributed by atoms with Crippen LogP contribution in [0, 0.1) is 0 Å². The monoisotopic (exact) mass is 659 g/mol. The first-order valence-corrected chi connectivity index (χ1v) is 17.3. The van der Waals surface area contributed by atoms with Crippen LogP contribution < -0.4 is 16.0 Å². The molecule has 3 N–H and O–H groups in total. The smallest absolute Gasteiger partial charge is 0.341 e. The van der Waals surface area contributed by atoms with Gasteiger partial charge in [0.15, 0.2) is 0 Å². The number of fused-ring (bicyclic) bond motifs is 1. The highest BCUT2D eigenvalue weighted by Crippen LogP contribution is 2.37. The number of thioether (sulfide) groups is 1. The molecule has 0 bridgehead atoms. The summed E-state index contributed by atoms with van der Waals surface area (Å²) >= 11 is 4.27. The van der Waals surface area contributed by atoms with Crippen molar-refractivity contribution >= 4 is 74.9 Å². The van der Waals surface area contributed by atoms with Gasteiger partial charge in [-0.05, 0) is 90.0 Å². The minimum atomic E-state index is -0.478. The first-order valence-electron chi connectivity index (χ1n) is 14.6. The number of nitrogens with one attached hydrogen (secondary N) is 3. The van der Waals surface area contributed by atoms with E-state index in [9.17, 15) is 19.2 Å². The third-order valence-electron chi connectivity index (χ3n) is 7.16. The maximum Gasteiger partial charge on any atom is 0.341 e. The second-order valence-corrected chi connectivity index (χ2v) is 13.3. The van der Waals surface area contributed by atoms with Crippen molar-refractivity contribution in [3.63, 3.8) is 0 Å². The van der Waals surface area contributed by atoms with Gasteiger partial charge in [0.05, 0.1) is 18.4 Å². The van der Waals surface area contributed by atoms with Crippen molar-refractivity contribution in [1.29, 1.82) is 0 Å². The quantitative estimate of drug-likeness (QED) is 0.0930. The van der Waals surface area contributed by atoms with Crippen molar-refractivity contribution in [3.05, 3.63) is 104 Å². The van der Waals surface area contributed by atoms with Crippen molar-refractivity contribution in [2.45, 2.75) is 43.4 Å². The number of rotatable bonds is 10. The molecule has 0 unspecified atom stereocenters. The molecule has 3 amide bonds. The highest BCUT2D eigenvalue weighted by atomic mass is 32.2. The molecule has 5 rings (SSSR count). The van der Waals surface area contributed by atoms with Crippen LogP contribution in [-0.2, 0) is 27.2 Å². The molecule has 0 spiro atoms. The van der Waals surface area contributed by atoms with Crippen molar-refractivity contribution in [2.24, 2.45) is 0 Å². The summed E-state index contributed by atoms with van der Waals surface area (Å²) in [5, 5.41) is 12.9. The third-order valence-corrected chi connectivity index (χ3v) is 10.1. The first kappa shape index (κ1) is 32.2. The Morgan fingerprint density at radius 3 is 2.49 bits per heavy atom. The van der Waals surface area contributed by atoms with E-state index >= 15 is 0 Å². The lowest BCUT2D eigenvalue weighted by Gasteiger charge is -2.12. The minimum Gasteiger partial charge on any atom is -0.465 e. The molecule has 8 nitrogen and oxygen atoms in total. The van der Waals surface area contributed by atoms with Crippen LogP contribution in [0.1, 0.15) is 62.4 Å². The van der Waals surface area contributed by atoms with Gasteiger partial charge in [0, 0.05) is 21.0 Å². The van der Waals surface area contributed by atoms with E-state index in [0.29, 0.717) is 21.8 Å². The maximum atomic E-state index is 13.3. The van der Waals surface area contributed by atoms with E-state index in [1.165, 1.54) is 41.5 Å². The number of methoxy groups -OCH3 is 1. The number of carbonyl (C=O) groups excluding carboxylic acids is 4. The number of ether oxygens (including phenoxy) is 1. The average molecular weight is 660 g/mol. The lowest BCUT2D eigenvalue weighted by molar-refractivity contribution is -0.114. The highest BCUT2D eigenvalue weighted by Gasteiger charge is 2.26. The Kier molecular flexibility index (Phi) is 11.2. The van der Waals surface area contributed by atoms with E-state index in [4.69, 9.17) is 4.74 Å². The van der Waals surface area contributed by atoms with Crippen LogP contribution in [0.3, 0.4) is 0 Å². The molecular weight excluding hydrogens is 627 g/mol. The Morgan fingerprint density at radius 1 is 0.933 bits per heavy atom. The number of amides is 3. The van der Waals surface area contributed by atoms with Gasteiger partial charge < -0.3 is 20.7 Å². The van der Waals surface area contributed by atoms with Gasteiger partial charge in [-0.25, -0.2) is 4.79 Å². The molecule has 0 fully saturated rings. The number of aryl methyl sites for hydroxylation is 1. The van der Waals surface area contributed by atoms with E-state index in [1.54, 1.807) is 48.5 Å². The molecule has 1 aliphatic rings. The summed E-state index contributed by atoms with van der Waals surface area (Å²) < 4.78 is 5.07. The highest BCUT2D eigenvalue weighted by molar-refractivity contribution is 8.00. The summed E-state index contributed by atoms with van der Waals surface area (Å²) in [4.78, 5) is 53.8. The number of benzene rings is 2. The molecule has 2 heterocycles. The molecule has 2 aromatic heterocycles. The number of hydrogen-bond donors (Lipinski definition) is 3. The van der Waals surface area contributed by atoms with Crippen LogP contribution in [0.25, 0.3) is 6.08 Å². The molecule has 0 radical (unpaired) electrons. The summed E-state index contributed by atoms with van der Waals surface area (Å²) in [6, 6.07) is 17.7. The van der Waals surface area contributed by atoms with Gasteiger partial charge in [0.2, 0.25) is 5.91 Å². The van der Waals surface area contributed by atoms with E-state index < -0.39 is 17.8 Å². The van der Waals surface area contributed by atoms with Crippen molar-refractivity contribution < 1.29 is 23.9 Å². The van der Waals surface area contributed by atoms with Gasteiger partial charge in [-0.15, -0.1) is 23.1 Å². The Balaban J connectivity index is 1.24. The lowest BCUT2D eigenvalue weighted by atomic mass is 9.96.